The predicted octanol–water partition coefficient (Wildman–Crippen LogP) is 5.84. The van der Waals surface area contributed by atoms with Gasteiger partial charge in [-0.3, -0.25) is 0 Å². The summed E-state index contributed by atoms with van der Waals surface area (Å²) in [5, 5.41) is 2.68. The Hall–Kier alpha value is -3.50. The van der Waals surface area contributed by atoms with Crippen LogP contribution in [0.3, 0.4) is 0 Å². The van der Waals surface area contributed by atoms with Crippen molar-refractivity contribution in [1.82, 2.24) is 0 Å². The maximum Gasteiger partial charge on any atom is 0 e. The third kappa shape index (κ3) is 7.38. The SMILES string of the molecule is C#CC#CC#CC#CC#CC.Cc1ccc2cc(C(C)(C)C)ccc2c1.[HH].[HH].[HH]. The van der Waals surface area contributed by atoms with Crippen LogP contribution in [0.2, 0.25) is 0 Å². The fourth-order valence-corrected chi connectivity index (χ4v) is 2.09. The van der Waals surface area contributed by atoms with Gasteiger partial charge in [0.25, 0.3) is 0 Å². The zero-order valence-corrected chi connectivity index (χ0v) is 16.0. The molecule has 0 spiro atoms. The minimum Gasteiger partial charge on any atom is -0.106 e. The van der Waals surface area contributed by atoms with Crippen LogP contribution in [0.4, 0.5) is 0 Å². The largest absolute Gasteiger partial charge is 0.106 e. The first kappa shape index (κ1) is 20.5. The van der Waals surface area contributed by atoms with E-state index in [1.54, 1.807) is 6.92 Å². The molecule has 0 N–H and O–H groups in total. The summed E-state index contributed by atoms with van der Waals surface area (Å²) in [6, 6.07) is 13.4. The highest BCUT2D eigenvalue weighted by atomic mass is 14.2. The van der Waals surface area contributed by atoms with Crippen molar-refractivity contribution < 1.29 is 4.28 Å². The van der Waals surface area contributed by atoms with Crippen molar-refractivity contribution in [2.45, 2.75) is 40.0 Å². The van der Waals surface area contributed by atoms with Crippen LogP contribution in [0, 0.1) is 66.6 Å². The Kier molecular flexibility index (Phi) is 8.20. The van der Waals surface area contributed by atoms with Gasteiger partial charge in [-0.05, 0) is 83.0 Å². The number of benzene rings is 2. The highest BCUT2D eigenvalue weighted by molar-refractivity contribution is 5.84. The maximum absolute atomic E-state index is 4.84. The lowest BCUT2D eigenvalue weighted by molar-refractivity contribution is 0.591. The van der Waals surface area contributed by atoms with E-state index in [9.17, 15) is 0 Å². The summed E-state index contributed by atoms with van der Waals surface area (Å²) in [6.45, 7) is 10.6. The molecule has 0 atom stereocenters. The van der Waals surface area contributed by atoms with Crippen LogP contribution in [-0.2, 0) is 5.41 Å². The average Bonchev–Trinajstić information content (AvgIpc) is 2.60. The highest BCUT2D eigenvalue weighted by Gasteiger charge is 2.13. The molecule has 0 nitrogen and oxygen atoms in total. The van der Waals surface area contributed by atoms with Gasteiger partial charge in [0.1, 0.15) is 0 Å². The van der Waals surface area contributed by atoms with Gasteiger partial charge < -0.3 is 0 Å². The highest BCUT2D eigenvalue weighted by Crippen LogP contribution is 2.26. The molecule has 0 aliphatic heterocycles. The van der Waals surface area contributed by atoms with Crippen molar-refractivity contribution in [2.75, 3.05) is 0 Å². The van der Waals surface area contributed by atoms with E-state index in [0.717, 1.165) is 0 Å². The minimum atomic E-state index is 0. The molecule has 26 heavy (non-hydrogen) atoms. The van der Waals surface area contributed by atoms with Crippen molar-refractivity contribution >= 4 is 10.8 Å². The molecule has 132 valence electrons. The molecule has 0 heteroatoms. The summed E-state index contributed by atoms with van der Waals surface area (Å²) in [6.07, 6.45) is 4.84. The summed E-state index contributed by atoms with van der Waals surface area (Å²) < 4.78 is 0. The predicted molar refractivity (Wildman–Crippen MR) is 119 cm³/mol. The molecule has 0 aliphatic carbocycles. The summed E-state index contributed by atoms with van der Waals surface area (Å²) in [5.41, 5.74) is 2.96. The maximum atomic E-state index is 4.84. The van der Waals surface area contributed by atoms with Crippen molar-refractivity contribution in [3.05, 3.63) is 47.5 Å². The van der Waals surface area contributed by atoms with Gasteiger partial charge in [0.15, 0.2) is 0 Å². The molecule has 0 saturated carbocycles. The molecule has 0 saturated heterocycles. The number of aryl methyl sites for hydroxylation is 1. The number of hydrogen-bond donors (Lipinski definition) is 0. The Balaban J connectivity index is -0.000000442. The molecule has 2 aromatic carbocycles. The molecule has 0 bridgehead atoms. The van der Waals surface area contributed by atoms with Gasteiger partial charge in [0.05, 0.1) is 0 Å². The summed E-state index contributed by atoms with van der Waals surface area (Å²) in [7, 11) is 0. The van der Waals surface area contributed by atoms with Crippen molar-refractivity contribution in [3.63, 3.8) is 0 Å². The normalized spacial score (nSPS) is 8.46. The Morgan fingerprint density at radius 3 is 1.88 bits per heavy atom. The zero-order valence-electron chi connectivity index (χ0n) is 16.0. The topological polar surface area (TPSA) is 0 Å². The molecule has 0 aromatic heterocycles. The van der Waals surface area contributed by atoms with E-state index in [1.807, 2.05) is 0 Å². The molecule has 0 amide bonds. The smallest absolute Gasteiger partial charge is 0 e. The van der Waals surface area contributed by atoms with Gasteiger partial charge in [-0.1, -0.05) is 68.7 Å². The Morgan fingerprint density at radius 2 is 1.31 bits per heavy atom. The minimum absolute atomic E-state index is 0. The van der Waals surface area contributed by atoms with E-state index >= 15 is 0 Å². The first-order chi connectivity index (χ1) is 12.4. The van der Waals surface area contributed by atoms with Crippen LogP contribution in [-0.4, -0.2) is 0 Å². The van der Waals surface area contributed by atoms with E-state index in [1.165, 1.54) is 21.9 Å². The molecule has 0 fully saturated rings. The second-order valence-corrected chi connectivity index (χ2v) is 6.58. The standard InChI is InChI=1S/C15H18.C11H4.3H2/c1-11-5-6-13-10-14(15(2,3)4)8-7-12(13)9-11;1-3-5-7-9-11-10-8-6-4-2;;;/h5-10H,1-4H3;1H,2H3;3*1H. The van der Waals surface area contributed by atoms with E-state index in [4.69, 9.17) is 6.42 Å². The Labute approximate surface area is 162 Å². The van der Waals surface area contributed by atoms with E-state index in [-0.39, 0.29) is 9.69 Å². The Bertz CT molecular complexity index is 1070. The van der Waals surface area contributed by atoms with Crippen LogP contribution in [0.5, 0.6) is 0 Å². The lowest BCUT2D eigenvalue weighted by Gasteiger charge is -2.19. The fourth-order valence-electron chi connectivity index (χ4n) is 2.09. The van der Waals surface area contributed by atoms with E-state index in [2.05, 4.69) is 117 Å². The second-order valence-electron chi connectivity index (χ2n) is 6.58. The van der Waals surface area contributed by atoms with Crippen molar-refractivity contribution in [1.29, 1.82) is 0 Å². The van der Waals surface area contributed by atoms with Crippen molar-refractivity contribution in [2.24, 2.45) is 0 Å². The first-order valence-corrected chi connectivity index (χ1v) is 8.26. The molecular formula is C26H28. The van der Waals surface area contributed by atoms with Gasteiger partial charge in [-0.15, -0.1) is 6.42 Å². The fraction of sp³-hybridized carbons (Fsp3) is 0.231. The Morgan fingerprint density at radius 1 is 0.769 bits per heavy atom. The van der Waals surface area contributed by atoms with Crippen LogP contribution in [0.15, 0.2) is 36.4 Å². The molecule has 0 radical (unpaired) electrons. The third-order valence-corrected chi connectivity index (χ3v) is 3.43. The van der Waals surface area contributed by atoms with Crippen molar-refractivity contribution in [3.8, 4) is 59.7 Å². The summed E-state index contributed by atoms with van der Waals surface area (Å²) in [4.78, 5) is 0. The van der Waals surface area contributed by atoms with Crippen LogP contribution < -0.4 is 0 Å². The average molecular weight is 341 g/mol. The number of hydrogen-bond acceptors (Lipinski definition) is 0. The van der Waals surface area contributed by atoms with Gasteiger partial charge in [0.2, 0.25) is 0 Å². The van der Waals surface area contributed by atoms with Gasteiger partial charge in [-0.25, -0.2) is 0 Å². The lowest BCUT2D eigenvalue weighted by Crippen LogP contribution is -2.10. The van der Waals surface area contributed by atoms with E-state index in [0.29, 0.717) is 0 Å². The molecule has 2 rings (SSSR count). The van der Waals surface area contributed by atoms with E-state index < -0.39 is 0 Å². The second kappa shape index (κ2) is 10.4. The monoisotopic (exact) mass is 340 g/mol. The quantitative estimate of drug-likeness (QED) is 0.529. The summed E-state index contributed by atoms with van der Waals surface area (Å²) >= 11 is 0. The number of terminal acetylenes is 1. The van der Waals surface area contributed by atoms with Gasteiger partial charge >= 0.3 is 0 Å². The summed E-state index contributed by atoms with van der Waals surface area (Å²) in [5.74, 6) is 22.0. The lowest BCUT2D eigenvalue weighted by atomic mass is 9.86. The molecule has 0 unspecified atom stereocenters. The van der Waals surface area contributed by atoms with Gasteiger partial charge in [-0.2, -0.15) is 0 Å². The zero-order chi connectivity index (χ0) is 19.4. The first-order valence-electron chi connectivity index (χ1n) is 8.26. The molecule has 0 heterocycles. The van der Waals surface area contributed by atoms with Crippen LogP contribution >= 0.6 is 0 Å². The molecular weight excluding hydrogens is 312 g/mol. The van der Waals surface area contributed by atoms with Crippen LogP contribution in [0.1, 0.15) is 43.1 Å². The molecule has 2 aromatic rings. The number of fused-ring (bicyclic) bond motifs is 1. The van der Waals surface area contributed by atoms with Crippen LogP contribution in [0.25, 0.3) is 10.8 Å². The molecule has 0 aliphatic rings. The number of rotatable bonds is 0. The van der Waals surface area contributed by atoms with Gasteiger partial charge in [0, 0.05) is 4.28 Å². The third-order valence-electron chi connectivity index (χ3n) is 3.43.